The molecule has 19 heavy (non-hydrogen) atoms. The van der Waals surface area contributed by atoms with E-state index in [1.165, 1.54) is 12.1 Å². The van der Waals surface area contributed by atoms with Crippen LogP contribution in [0.4, 0.5) is 10.1 Å². The van der Waals surface area contributed by atoms with Crippen molar-refractivity contribution < 1.29 is 13.9 Å². The van der Waals surface area contributed by atoms with Gasteiger partial charge in [-0.05, 0) is 38.0 Å². The lowest BCUT2D eigenvalue weighted by Gasteiger charge is -2.24. The van der Waals surface area contributed by atoms with Crippen LogP contribution >= 0.6 is 0 Å². The quantitative estimate of drug-likeness (QED) is 0.763. The monoisotopic (exact) mass is 262 g/mol. The first-order valence-electron chi connectivity index (χ1n) is 6.27. The van der Waals surface area contributed by atoms with Crippen molar-refractivity contribution in [3.63, 3.8) is 0 Å². The summed E-state index contributed by atoms with van der Waals surface area (Å²) in [5.74, 6) is -0.783. The van der Waals surface area contributed by atoms with Gasteiger partial charge in [0.25, 0.3) is 0 Å². The second kappa shape index (κ2) is 5.70. The van der Waals surface area contributed by atoms with Gasteiger partial charge in [0.1, 0.15) is 18.4 Å². The highest BCUT2D eigenvalue weighted by atomic mass is 19.1. The third kappa shape index (κ3) is 3.22. The Morgan fingerprint density at radius 2 is 2.32 bits per heavy atom. The summed E-state index contributed by atoms with van der Waals surface area (Å²) in [6.45, 7) is 2.17. The van der Waals surface area contributed by atoms with Gasteiger partial charge in [-0.15, -0.1) is 0 Å². The summed E-state index contributed by atoms with van der Waals surface area (Å²) in [4.78, 5) is 13.4. The zero-order valence-electron chi connectivity index (χ0n) is 10.7. The number of carbonyl (C=O) groups excluding carboxylic acids is 1. The maximum atomic E-state index is 13.1. The number of carbonyl (C=O) groups is 1. The Bertz CT molecular complexity index is 521. The SMILES string of the molecule is CCOC(=O)CN(c1ccc(F)cc1C#N)C1CC1. The number of benzene rings is 1. The van der Waals surface area contributed by atoms with E-state index in [9.17, 15) is 9.18 Å². The molecule has 0 radical (unpaired) electrons. The molecule has 100 valence electrons. The highest BCUT2D eigenvalue weighted by molar-refractivity contribution is 5.77. The van der Waals surface area contributed by atoms with Crippen molar-refractivity contribution in [3.8, 4) is 6.07 Å². The largest absolute Gasteiger partial charge is 0.465 e. The molecule has 2 rings (SSSR count). The van der Waals surface area contributed by atoms with Crippen molar-refractivity contribution in [2.75, 3.05) is 18.1 Å². The summed E-state index contributed by atoms with van der Waals surface area (Å²) in [6, 6.07) is 6.25. The van der Waals surface area contributed by atoms with Gasteiger partial charge >= 0.3 is 5.97 Å². The first-order chi connectivity index (χ1) is 9.15. The van der Waals surface area contributed by atoms with E-state index in [4.69, 9.17) is 10.00 Å². The van der Waals surface area contributed by atoms with Crippen LogP contribution in [0.25, 0.3) is 0 Å². The molecule has 0 heterocycles. The van der Waals surface area contributed by atoms with E-state index in [1.807, 2.05) is 11.0 Å². The van der Waals surface area contributed by atoms with E-state index >= 15 is 0 Å². The number of nitrogens with zero attached hydrogens (tertiary/aromatic N) is 2. The number of halogens is 1. The third-order valence-electron chi connectivity index (χ3n) is 2.98. The molecule has 0 N–H and O–H groups in total. The Balaban J connectivity index is 2.24. The molecular weight excluding hydrogens is 247 g/mol. The highest BCUT2D eigenvalue weighted by Gasteiger charge is 2.32. The normalized spacial score (nSPS) is 13.7. The molecule has 1 aliphatic rings. The lowest BCUT2D eigenvalue weighted by molar-refractivity contribution is -0.141. The van der Waals surface area contributed by atoms with E-state index in [2.05, 4.69) is 0 Å². The minimum Gasteiger partial charge on any atom is -0.465 e. The molecule has 0 aromatic heterocycles. The molecular formula is C14H15FN2O2. The van der Waals surface area contributed by atoms with Crippen LogP contribution in [0, 0.1) is 17.1 Å². The third-order valence-corrected chi connectivity index (χ3v) is 2.98. The van der Waals surface area contributed by atoms with Gasteiger partial charge in [-0.25, -0.2) is 4.39 Å². The maximum absolute atomic E-state index is 13.1. The average molecular weight is 262 g/mol. The molecule has 0 bridgehead atoms. The molecule has 4 nitrogen and oxygen atoms in total. The molecule has 0 amide bonds. The topological polar surface area (TPSA) is 53.3 Å². The van der Waals surface area contributed by atoms with Gasteiger partial charge in [0.2, 0.25) is 0 Å². The summed E-state index contributed by atoms with van der Waals surface area (Å²) >= 11 is 0. The number of hydrogen-bond acceptors (Lipinski definition) is 4. The van der Waals surface area contributed by atoms with Gasteiger partial charge in [0.15, 0.2) is 0 Å². The fourth-order valence-electron chi connectivity index (χ4n) is 1.99. The second-order valence-electron chi connectivity index (χ2n) is 4.44. The second-order valence-corrected chi connectivity index (χ2v) is 4.44. The van der Waals surface area contributed by atoms with Crippen LogP contribution in [0.3, 0.4) is 0 Å². The van der Waals surface area contributed by atoms with Gasteiger partial charge in [-0.1, -0.05) is 0 Å². The standard InChI is InChI=1S/C14H15FN2O2/c1-2-19-14(18)9-17(12-4-5-12)13-6-3-11(15)7-10(13)8-16/h3,6-7,12H,2,4-5,9H2,1H3. The first-order valence-corrected chi connectivity index (χ1v) is 6.27. The molecule has 1 saturated carbocycles. The minimum absolute atomic E-state index is 0.0961. The maximum Gasteiger partial charge on any atom is 0.325 e. The van der Waals surface area contributed by atoms with Crippen molar-refractivity contribution >= 4 is 11.7 Å². The number of anilines is 1. The Kier molecular flexibility index (Phi) is 4.00. The van der Waals surface area contributed by atoms with Gasteiger partial charge in [0.05, 0.1) is 17.9 Å². The Morgan fingerprint density at radius 1 is 1.58 bits per heavy atom. The lowest BCUT2D eigenvalue weighted by Crippen LogP contribution is -2.33. The minimum atomic E-state index is -0.452. The van der Waals surface area contributed by atoms with Crippen LogP contribution in [-0.4, -0.2) is 25.2 Å². The van der Waals surface area contributed by atoms with E-state index in [0.717, 1.165) is 12.8 Å². The summed E-state index contributed by atoms with van der Waals surface area (Å²) in [5.41, 5.74) is 0.843. The summed E-state index contributed by atoms with van der Waals surface area (Å²) in [7, 11) is 0. The van der Waals surface area contributed by atoms with Gasteiger partial charge in [-0.2, -0.15) is 5.26 Å². The van der Waals surface area contributed by atoms with Gasteiger partial charge < -0.3 is 9.64 Å². The molecule has 0 aliphatic heterocycles. The number of hydrogen-bond donors (Lipinski definition) is 0. The molecule has 5 heteroatoms. The van der Waals surface area contributed by atoms with Crippen LogP contribution < -0.4 is 4.90 Å². The molecule has 0 unspecified atom stereocenters. The summed E-state index contributed by atoms with van der Waals surface area (Å²) in [6.07, 6.45) is 1.95. The van der Waals surface area contributed by atoms with Gasteiger partial charge in [0, 0.05) is 6.04 Å². The molecule has 0 atom stereocenters. The predicted octanol–water partition coefficient (Wildman–Crippen LogP) is 2.23. The average Bonchev–Trinajstić information content (AvgIpc) is 3.21. The number of ether oxygens (including phenoxy) is 1. The summed E-state index contributed by atoms with van der Waals surface area (Å²) in [5, 5.41) is 9.07. The Morgan fingerprint density at radius 3 is 2.89 bits per heavy atom. The lowest BCUT2D eigenvalue weighted by atomic mass is 10.1. The number of esters is 1. The number of nitriles is 1. The zero-order valence-corrected chi connectivity index (χ0v) is 10.7. The zero-order chi connectivity index (χ0) is 13.8. The fourth-order valence-corrected chi connectivity index (χ4v) is 1.99. The van der Waals surface area contributed by atoms with E-state index < -0.39 is 5.82 Å². The summed E-state index contributed by atoms with van der Waals surface area (Å²) < 4.78 is 18.1. The van der Waals surface area contributed by atoms with Crippen LogP contribution in [0.15, 0.2) is 18.2 Å². The van der Waals surface area contributed by atoms with Crippen LogP contribution in [0.1, 0.15) is 25.3 Å². The predicted molar refractivity (Wildman–Crippen MR) is 68.1 cm³/mol. The highest BCUT2D eigenvalue weighted by Crippen LogP contribution is 2.33. The van der Waals surface area contributed by atoms with Crippen molar-refractivity contribution in [1.82, 2.24) is 0 Å². The fraction of sp³-hybridized carbons (Fsp3) is 0.429. The number of rotatable bonds is 5. The molecule has 1 fully saturated rings. The molecule has 1 aromatic rings. The Hall–Kier alpha value is -2.09. The molecule has 1 aromatic carbocycles. The van der Waals surface area contributed by atoms with Crippen LogP contribution in [-0.2, 0) is 9.53 Å². The first kappa shape index (κ1) is 13.3. The van der Waals surface area contributed by atoms with Crippen LogP contribution in [0.5, 0.6) is 0 Å². The van der Waals surface area contributed by atoms with Gasteiger partial charge in [-0.3, -0.25) is 4.79 Å². The van der Waals surface area contributed by atoms with E-state index in [1.54, 1.807) is 13.0 Å². The molecule has 0 saturated heterocycles. The molecule has 0 spiro atoms. The Labute approximate surface area is 111 Å². The van der Waals surface area contributed by atoms with E-state index in [0.29, 0.717) is 12.3 Å². The van der Waals surface area contributed by atoms with Crippen LogP contribution in [0.2, 0.25) is 0 Å². The van der Waals surface area contributed by atoms with Crippen molar-refractivity contribution in [2.24, 2.45) is 0 Å². The van der Waals surface area contributed by atoms with Crippen molar-refractivity contribution in [1.29, 1.82) is 5.26 Å². The smallest absolute Gasteiger partial charge is 0.325 e. The van der Waals surface area contributed by atoms with Crippen molar-refractivity contribution in [2.45, 2.75) is 25.8 Å². The van der Waals surface area contributed by atoms with Crippen molar-refractivity contribution in [3.05, 3.63) is 29.6 Å². The van der Waals surface area contributed by atoms with E-state index in [-0.39, 0.29) is 24.1 Å². The molecule has 1 aliphatic carbocycles.